The van der Waals surface area contributed by atoms with Crippen LogP contribution in [0.3, 0.4) is 0 Å². The maximum absolute atomic E-state index is 12.4. The summed E-state index contributed by atoms with van der Waals surface area (Å²) in [6.45, 7) is 3.20. The number of fused-ring (bicyclic) bond motifs is 1. The predicted molar refractivity (Wildman–Crippen MR) is 169 cm³/mol. The Balaban J connectivity index is 1.23. The Morgan fingerprint density at radius 3 is 2.23 bits per heavy atom. The molecule has 0 spiro atoms. The number of aliphatic hydroxyl groups is 1. The zero-order chi connectivity index (χ0) is 30.4. The molecule has 0 saturated carbocycles. The molecule has 10 heteroatoms. The third-order valence-electron chi connectivity index (χ3n) is 7.43. The Bertz CT molecular complexity index is 1660. The van der Waals surface area contributed by atoms with Gasteiger partial charge in [0.1, 0.15) is 0 Å². The van der Waals surface area contributed by atoms with E-state index in [-0.39, 0.29) is 11.3 Å². The van der Waals surface area contributed by atoms with Crippen LogP contribution in [-0.2, 0) is 21.2 Å². The van der Waals surface area contributed by atoms with E-state index in [1.807, 2.05) is 31.2 Å². The van der Waals surface area contributed by atoms with Gasteiger partial charge >= 0.3 is 0 Å². The van der Waals surface area contributed by atoms with Gasteiger partial charge < -0.3 is 10.0 Å². The van der Waals surface area contributed by atoms with Crippen LogP contribution in [0.15, 0.2) is 83.8 Å². The highest BCUT2D eigenvalue weighted by Gasteiger charge is 2.28. The lowest BCUT2D eigenvalue weighted by atomic mass is 10.0. The highest BCUT2D eigenvalue weighted by Crippen LogP contribution is 2.35. The molecule has 8 nitrogen and oxygen atoms in total. The highest BCUT2D eigenvalue weighted by atomic mass is 35.5. The maximum Gasteiger partial charge on any atom is 0.264 e. The van der Waals surface area contributed by atoms with E-state index in [2.05, 4.69) is 33.9 Å². The molecular weight excluding hydrogens is 584 g/mol. The van der Waals surface area contributed by atoms with Crippen LogP contribution < -0.4 is 9.62 Å². The van der Waals surface area contributed by atoms with E-state index in [0.29, 0.717) is 31.0 Å². The summed E-state index contributed by atoms with van der Waals surface area (Å²) in [6, 6.07) is 23.6. The van der Waals surface area contributed by atoms with Crippen LogP contribution in [0.5, 0.6) is 0 Å². The van der Waals surface area contributed by atoms with Crippen molar-refractivity contribution in [3.63, 3.8) is 0 Å². The number of aryl methyl sites for hydroxylation is 1. The number of hydrogen-bond acceptors (Lipinski definition) is 7. The number of halogens is 1. The second kappa shape index (κ2) is 13.7. The van der Waals surface area contributed by atoms with Gasteiger partial charge in [0.15, 0.2) is 5.82 Å². The molecule has 5 rings (SSSR count). The van der Waals surface area contributed by atoms with Crippen molar-refractivity contribution in [1.82, 2.24) is 14.7 Å². The SMILES string of the molecule is Cc1ccc(-c2nc3c(nc2-c2ccc(Cl)cc2)CC(O)CN3CCCCCCC(=O)NS(=O)(=O)c2ccccc2)cc1. The Morgan fingerprint density at radius 2 is 1.53 bits per heavy atom. The number of unbranched alkanes of at least 4 members (excludes halogenated alkanes) is 3. The number of β-amino-alcohol motifs (C(OH)–C–C–N with tert-alkyl or cyclic N) is 1. The first-order valence-corrected chi connectivity index (χ1v) is 16.3. The Kier molecular flexibility index (Phi) is 9.75. The standard InChI is InChI=1S/C33H35ClN4O4S/c1-23-12-14-24(15-13-23)32-31(25-16-18-26(34)19-17-25)35-29-21-27(39)22-38(33(29)36-32)20-8-3-2-7-11-30(40)37-43(41,42)28-9-5-4-6-10-28/h4-6,9-10,12-19,27,39H,2-3,7-8,11,20-22H2,1H3,(H,37,40). The minimum atomic E-state index is -3.85. The average molecular weight is 619 g/mol. The van der Waals surface area contributed by atoms with Crippen molar-refractivity contribution in [2.75, 3.05) is 18.0 Å². The van der Waals surface area contributed by atoms with Crippen molar-refractivity contribution < 1.29 is 18.3 Å². The summed E-state index contributed by atoms with van der Waals surface area (Å²) in [5.74, 6) is 0.274. The normalized spacial score (nSPS) is 14.8. The van der Waals surface area contributed by atoms with Gasteiger partial charge in [-0.3, -0.25) is 4.79 Å². The summed E-state index contributed by atoms with van der Waals surface area (Å²) < 4.78 is 26.8. The summed E-state index contributed by atoms with van der Waals surface area (Å²) in [6.07, 6.45) is 3.04. The lowest BCUT2D eigenvalue weighted by Gasteiger charge is -2.33. The molecule has 0 bridgehead atoms. The van der Waals surface area contributed by atoms with Gasteiger partial charge in [0.05, 0.1) is 28.1 Å². The molecule has 1 unspecified atom stereocenters. The number of aromatic nitrogens is 2. The molecular formula is C33H35ClN4O4S. The second-order valence-electron chi connectivity index (χ2n) is 10.9. The van der Waals surface area contributed by atoms with Gasteiger partial charge in [-0.25, -0.2) is 23.1 Å². The number of nitrogens with one attached hydrogen (secondary N) is 1. The van der Waals surface area contributed by atoms with Crippen LogP contribution in [0.1, 0.15) is 43.4 Å². The van der Waals surface area contributed by atoms with Crippen molar-refractivity contribution >= 4 is 33.3 Å². The molecule has 4 aromatic rings. The Hall–Kier alpha value is -3.79. The average Bonchev–Trinajstić information content (AvgIpc) is 2.99. The molecule has 0 aliphatic carbocycles. The highest BCUT2D eigenvalue weighted by molar-refractivity contribution is 7.90. The third kappa shape index (κ3) is 7.79. The molecule has 0 fully saturated rings. The van der Waals surface area contributed by atoms with Crippen molar-refractivity contribution in [3.05, 3.63) is 95.1 Å². The first kappa shape index (κ1) is 30.7. The van der Waals surface area contributed by atoms with E-state index >= 15 is 0 Å². The number of amides is 1. The summed E-state index contributed by atoms with van der Waals surface area (Å²) in [7, 11) is -3.85. The third-order valence-corrected chi connectivity index (χ3v) is 9.07. The van der Waals surface area contributed by atoms with Crippen LogP contribution >= 0.6 is 11.6 Å². The van der Waals surface area contributed by atoms with Gasteiger partial charge in [-0.1, -0.05) is 84.6 Å². The maximum atomic E-state index is 12.4. The minimum absolute atomic E-state index is 0.0706. The smallest absolute Gasteiger partial charge is 0.264 e. The minimum Gasteiger partial charge on any atom is -0.391 e. The lowest BCUT2D eigenvalue weighted by molar-refractivity contribution is -0.119. The number of anilines is 1. The number of carbonyl (C=O) groups is 1. The fraction of sp³-hybridized carbons (Fsp3) is 0.303. The second-order valence-corrected chi connectivity index (χ2v) is 13.0. The van der Waals surface area contributed by atoms with E-state index in [4.69, 9.17) is 21.6 Å². The molecule has 1 aliphatic heterocycles. The Labute approximate surface area is 257 Å². The van der Waals surface area contributed by atoms with Crippen molar-refractivity contribution in [1.29, 1.82) is 0 Å². The largest absolute Gasteiger partial charge is 0.391 e. The van der Waals surface area contributed by atoms with Gasteiger partial charge in [-0.15, -0.1) is 0 Å². The van der Waals surface area contributed by atoms with Crippen LogP contribution in [-0.4, -0.2) is 48.6 Å². The zero-order valence-electron chi connectivity index (χ0n) is 24.0. The van der Waals surface area contributed by atoms with Gasteiger partial charge in [-0.2, -0.15) is 0 Å². The van der Waals surface area contributed by atoms with E-state index < -0.39 is 22.0 Å². The van der Waals surface area contributed by atoms with Crippen LogP contribution in [0.25, 0.3) is 22.5 Å². The van der Waals surface area contributed by atoms with Crippen LogP contribution in [0, 0.1) is 6.92 Å². The summed E-state index contributed by atoms with van der Waals surface area (Å²) in [5, 5.41) is 11.3. The molecule has 1 atom stereocenters. The van der Waals surface area contributed by atoms with Crippen LogP contribution in [0.4, 0.5) is 5.82 Å². The number of rotatable bonds is 11. The quantitative estimate of drug-likeness (QED) is 0.200. The fourth-order valence-corrected chi connectivity index (χ4v) is 6.36. The molecule has 224 valence electrons. The van der Waals surface area contributed by atoms with E-state index in [1.54, 1.807) is 18.2 Å². The fourth-order valence-electron chi connectivity index (χ4n) is 5.20. The van der Waals surface area contributed by atoms with Crippen molar-refractivity contribution in [2.45, 2.75) is 56.4 Å². The molecule has 2 heterocycles. The van der Waals surface area contributed by atoms with Crippen molar-refractivity contribution in [2.24, 2.45) is 0 Å². The number of sulfonamides is 1. The predicted octanol–water partition coefficient (Wildman–Crippen LogP) is 5.95. The van der Waals surface area contributed by atoms with Gasteiger partial charge in [-0.05, 0) is 44.0 Å². The molecule has 1 aromatic heterocycles. The number of carbonyl (C=O) groups excluding carboxylic acids is 1. The summed E-state index contributed by atoms with van der Waals surface area (Å²) in [4.78, 5) is 24.6. The molecule has 3 aromatic carbocycles. The molecule has 0 radical (unpaired) electrons. The molecule has 43 heavy (non-hydrogen) atoms. The van der Waals surface area contributed by atoms with Gasteiger partial charge in [0.2, 0.25) is 5.91 Å². The monoisotopic (exact) mass is 618 g/mol. The van der Waals surface area contributed by atoms with Gasteiger partial charge in [0.25, 0.3) is 10.0 Å². The lowest BCUT2D eigenvalue weighted by Crippen LogP contribution is -2.40. The van der Waals surface area contributed by atoms with E-state index in [9.17, 15) is 18.3 Å². The molecule has 0 saturated heterocycles. The number of benzene rings is 3. The molecule has 1 aliphatic rings. The Morgan fingerprint density at radius 1 is 0.907 bits per heavy atom. The molecule has 2 N–H and O–H groups in total. The topological polar surface area (TPSA) is 112 Å². The number of aliphatic hydroxyl groups excluding tert-OH is 1. The number of nitrogens with zero attached hydrogens (tertiary/aromatic N) is 3. The van der Waals surface area contributed by atoms with E-state index in [0.717, 1.165) is 58.9 Å². The van der Waals surface area contributed by atoms with Crippen LogP contribution in [0.2, 0.25) is 5.02 Å². The van der Waals surface area contributed by atoms with E-state index in [1.165, 1.54) is 12.1 Å². The van der Waals surface area contributed by atoms with Crippen molar-refractivity contribution in [3.8, 4) is 22.5 Å². The summed E-state index contributed by atoms with van der Waals surface area (Å²) in [5.41, 5.74) is 5.31. The summed E-state index contributed by atoms with van der Waals surface area (Å²) >= 11 is 6.15. The first-order valence-electron chi connectivity index (χ1n) is 14.5. The zero-order valence-corrected chi connectivity index (χ0v) is 25.6. The number of hydrogen-bond donors (Lipinski definition) is 2. The van der Waals surface area contributed by atoms with Gasteiger partial charge in [0, 0.05) is 42.1 Å². The first-order chi connectivity index (χ1) is 20.7. The molecule has 1 amide bonds.